The van der Waals surface area contributed by atoms with Crippen LogP contribution in [0.3, 0.4) is 0 Å². The van der Waals surface area contributed by atoms with Crippen LogP contribution in [0.15, 0.2) is 18.2 Å². The second-order valence-corrected chi connectivity index (χ2v) is 6.56. The number of carbonyl (C=O) groups is 1. The first kappa shape index (κ1) is 15.7. The zero-order chi connectivity index (χ0) is 14.8. The predicted octanol–water partition coefficient (Wildman–Crippen LogP) is 3.73. The van der Waals surface area contributed by atoms with Crippen LogP contribution in [-0.4, -0.2) is 11.1 Å². The van der Waals surface area contributed by atoms with Crippen LogP contribution in [0.5, 0.6) is 0 Å². The van der Waals surface area contributed by atoms with Gasteiger partial charge < -0.3 is 10.8 Å². The molecule has 0 saturated heterocycles. The molecule has 0 amide bonds. The van der Waals surface area contributed by atoms with Gasteiger partial charge in [-0.05, 0) is 34.9 Å². The lowest BCUT2D eigenvalue weighted by Gasteiger charge is -2.28. The molecule has 0 radical (unpaired) electrons. The Morgan fingerprint density at radius 2 is 1.89 bits per heavy atom. The third kappa shape index (κ3) is 3.80. The molecule has 1 unspecified atom stereocenters. The van der Waals surface area contributed by atoms with E-state index in [0.29, 0.717) is 11.5 Å². The third-order valence-electron chi connectivity index (χ3n) is 3.24. The van der Waals surface area contributed by atoms with Crippen molar-refractivity contribution >= 4 is 5.97 Å². The Balaban J connectivity index is 3.42. The molecule has 0 bridgehead atoms. The van der Waals surface area contributed by atoms with Gasteiger partial charge in [0, 0.05) is 6.04 Å². The molecule has 0 aliphatic rings. The van der Waals surface area contributed by atoms with Crippen molar-refractivity contribution in [2.24, 2.45) is 11.7 Å². The van der Waals surface area contributed by atoms with Gasteiger partial charge in [0.15, 0.2) is 0 Å². The Labute approximate surface area is 115 Å². The molecule has 0 spiro atoms. The van der Waals surface area contributed by atoms with Crippen LogP contribution in [0.25, 0.3) is 0 Å². The topological polar surface area (TPSA) is 63.3 Å². The minimum Gasteiger partial charge on any atom is -0.478 e. The number of hydrogen-bond acceptors (Lipinski definition) is 2. The lowest BCUT2D eigenvalue weighted by atomic mass is 9.78. The van der Waals surface area contributed by atoms with Crippen molar-refractivity contribution in [1.29, 1.82) is 0 Å². The standard InChI is InChI=1S/C16H25NO2/c1-10(2)9-13(17)14-11(15(18)19)7-6-8-12(14)16(3,4)5/h6-8,10,13H,9,17H2,1-5H3,(H,18,19). The van der Waals surface area contributed by atoms with Crippen LogP contribution in [0.1, 0.15) is 68.6 Å². The maximum atomic E-state index is 11.4. The van der Waals surface area contributed by atoms with Gasteiger partial charge in [0.1, 0.15) is 0 Å². The fraction of sp³-hybridized carbons (Fsp3) is 0.562. The Bertz CT molecular complexity index is 458. The molecule has 0 fully saturated rings. The van der Waals surface area contributed by atoms with Gasteiger partial charge in [-0.1, -0.05) is 46.8 Å². The first-order valence-electron chi connectivity index (χ1n) is 6.76. The molecule has 1 rings (SSSR count). The summed E-state index contributed by atoms with van der Waals surface area (Å²) in [4.78, 5) is 11.4. The van der Waals surface area contributed by atoms with Crippen molar-refractivity contribution in [3.63, 3.8) is 0 Å². The van der Waals surface area contributed by atoms with Crippen molar-refractivity contribution in [3.8, 4) is 0 Å². The van der Waals surface area contributed by atoms with Gasteiger partial charge in [-0.3, -0.25) is 0 Å². The highest BCUT2D eigenvalue weighted by atomic mass is 16.4. The quantitative estimate of drug-likeness (QED) is 0.870. The van der Waals surface area contributed by atoms with Crippen molar-refractivity contribution in [2.75, 3.05) is 0 Å². The van der Waals surface area contributed by atoms with Crippen molar-refractivity contribution in [3.05, 3.63) is 34.9 Å². The molecule has 0 saturated carbocycles. The van der Waals surface area contributed by atoms with Crippen molar-refractivity contribution in [1.82, 2.24) is 0 Å². The zero-order valence-electron chi connectivity index (χ0n) is 12.5. The van der Waals surface area contributed by atoms with Gasteiger partial charge in [-0.15, -0.1) is 0 Å². The van der Waals surface area contributed by atoms with E-state index in [0.717, 1.165) is 17.5 Å². The lowest BCUT2D eigenvalue weighted by Crippen LogP contribution is -2.24. The van der Waals surface area contributed by atoms with Crippen LogP contribution in [0.4, 0.5) is 0 Å². The van der Waals surface area contributed by atoms with E-state index >= 15 is 0 Å². The summed E-state index contributed by atoms with van der Waals surface area (Å²) in [7, 11) is 0. The Morgan fingerprint density at radius 3 is 2.32 bits per heavy atom. The van der Waals surface area contributed by atoms with Crippen LogP contribution in [0.2, 0.25) is 0 Å². The molecule has 1 aromatic carbocycles. The number of carboxylic acids is 1. The Kier molecular flexibility index (Phi) is 4.75. The van der Waals surface area contributed by atoms with Gasteiger partial charge in [0.2, 0.25) is 0 Å². The molecule has 3 nitrogen and oxygen atoms in total. The van der Waals surface area contributed by atoms with Gasteiger partial charge in [-0.25, -0.2) is 4.79 Å². The van der Waals surface area contributed by atoms with E-state index in [4.69, 9.17) is 5.73 Å². The summed E-state index contributed by atoms with van der Waals surface area (Å²) >= 11 is 0. The Morgan fingerprint density at radius 1 is 1.32 bits per heavy atom. The van der Waals surface area contributed by atoms with Crippen LogP contribution >= 0.6 is 0 Å². The molecule has 0 aliphatic carbocycles. The molecule has 3 N–H and O–H groups in total. The molecule has 0 aromatic heterocycles. The van der Waals surface area contributed by atoms with Gasteiger partial charge in [0.05, 0.1) is 5.56 Å². The van der Waals surface area contributed by atoms with Crippen molar-refractivity contribution < 1.29 is 9.90 Å². The van der Waals surface area contributed by atoms with E-state index in [2.05, 4.69) is 34.6 Å². The van der Waals surface area contributed by atoms with Crippen LogP contribution in [0, 0.1) is 5.92 Å². The predicted molar refractivity (Wildman–Crippen MR) is 78.5 cm³/mol. The summed E-state index contributed by atoms with van der Waals surface area (Å²) in [5.41, 5.74) is 8.30. The molecule has 0 heterocycles. The van der Waals surface area contributed by atoms with Crippen LogP contribution in [-0.2, 0) is 5.41 Å². The number of aromatic carboxylic acids is 1. The van der Waals surface area contributed by atoms with Gasteiger partial charge in [0.25, 0.3) is 0 Å². The van der Waals surface area contributed by atoms with Crippen molar-refractivity contribution in [2.45, 2.75) is 52.5 Å². The number of hydrogen-bond donors (Lipinski definition) is 2. The summed E-state index contributed by atoms with van der Waals surface area (Å²) in [5, 5.41) is 9.38. The number of carboxylic acid groups (broad SMARTS) is 1. The fourth-order valence-corrected chi connectivity index (χ4v) is 2.43. The SMILES string of the molecule is CC(C)CC(N)c1c(C(=O)O)cccc1C(C)(C)C. The van der Waals surface area contributed by atoms with Gasteiger partial charge >= 0.3 is 5.97 Å². The highest BCUT2D eigenvalue weighted by Crippen LogP contribution is 2.33. The molecule has 106 valence electrons. The smallest absolute Gasteiger partial charge is 0.336 e. The summed E-state index contributed by atoms with van der Waals surface area (Å²) in [6, 6.07) is 5.20. The number of benzene rings is 1. The molecule has 1 atom stereocenters. The maximum Gasteiger partial charge on any atom is 0.336 e. The number of nitrogens with two attached hydrogens (primary N) is 1. The highest BCUT2D eigenvalue weighted by molar-refractivity contribution is 5.90. The number of rotatable bonds is 4. The average Bonchev–Trinajstić information content (AvgIpc) is 2.25. The second kappa shape index (κ2) is 5.74. The monoisotopic (exact) mass is 263 g/mol. The largest absolute Gasteiger partial charge is 0.478 e. The van der Waals surface area contributed by atoms with Crippen LogP contribution < -0.4 is 5.73 Å². The van der Waals surface area contributed by atoms with E-state index in [1.807, 2.05) is 6.07 Å². The first-order chi connectivity index (χ1) is 8.64. The van der Waals surface area contributed by atoms with E-state index in [9.17, 15) is 9.90 Å². The first-order valence-corrected chi connectivity index (χ1v) is 6.76. The van der Waals surface area contributed by atoms with Gasteiger partial charge in [-0.2, -0.15) is 0 Å². The minimum atomic E-state index is -0.902. The third-order valence-corrected chi connectivity index (χ3v) is 3.24. The molecular formula is C16H25NO2. The molecule has 0 aliphatic heterocycles. The molecule has 19 heavy (non-hydrogen) atoms. The summed E-state index contributed by atoms with van der Waals surface area (Å²) in [6.07, 6.45) is 0.785. The minimum absolute atomic E-state index is 0.116. The summed E-state index contributed by atoms with van der Waals surface area (Å²) in [6.45, 7) is 10.4. The van der Waals surface area contributed by atoms with E-state index in [-0.39, 0.29) is 11.5 Å². The zero-order valence-corrected chi connectivity index (χ0v) is 12.5. The van der Waals surface area contributed by atoms with E-state index in [1.165, 1.54) is 0 Å². The molecular weight excluding hydrogens is 238 g/mol. The molecule has 3 heteroatoms. The molecule has 1 aromatic rings. The lowest BCUT2D eigenvalue weighted by molar-refractivity contribution is 0.0694. The Hall–Kier alpha value is -1.35. The second-order valence-electron chi connectivity index (χ2n) is 6.56. The normalized spacial score (nSPS) is 13.6. The maximum absolute atomic E-state index is 11.4. The fourth-order valence-electron chi connectivity index (χ4n) is 2.43. The summed E-state index contributed by atoms with van der Waals surface area (Å²) in [5.74, 6) is -0.468. The highest BCUT2D eigenvalue weighted by Gasteiger charge is 2.26. The van der Waals surface area contributed by atoms with E-state index < -0.39 is 5.97 Å². The average molecular weight is 263 g/mol. The summed E-state index contributed by atoms with van der Waals surface area (Å²) < 4.78 is 0. The van der Waals surface area contributed by atoms with E-state index in [1.54, 1.807) is 12.1 Å².